The molecule has 6 rings (SSSR count). The fourth-order valence-electron chi connectivity index (χ4n) is 6.58. The van der Waals surface area contributed by atoms with Crippen molar-refractivity contribution in [3.05, 3.63) is 123 Å². The van der Waals surface area contributed by atoms with Gasteiger partial charge in [-0.3, -0.25) is 14.4 Å². The highest BCUT2D eigenvalue weighted by atomic mass is 35.5. The molecule has 1 atom stereocenters. The number of likely N-dealkylation sites (tertiary alicyclic amines) is 1. The zero-order valence-electron chi connectivity index (χ0n) is 25.8. The molecule has 3 aromatic rings. The van der Waals surface area contributed by atoms with Crippen LogP contribution in [0.15, 0.2) is 90.0 Å². The van der Waals surface area contributed by atoms with Crippen LogP contribution in [-0.4, -0.2) is 48.2 Å². The zero-order valence-corrected chi connectivity index (χ0v) is 26.5. The lowest BCUT2D eigenvalue weighted by Crippen LogP contribution is -2.38. The summed E-state index contributed by atoms with van der Waals surface area (Å²) < 4.78 is 39.7. The van der Waals surface area contributed by atoms with Crippen LogP contribution in [0.1, 0.15) is 58.3 Å². The Morgan fingerprint density at radius 1 is 0.957 bits per heavy atom. The molecule has 3 aromatic carbocycles. The molecule has 0 radical (unpaired) electrons. The number of carbonyl (C=O) groups is 3. The minimum absolute atomic E-state index is 0.0310. The predicted octanol–water partition coefficient (Wildman–Crippen LogP) is 7.10. The number of nitrogens with zero attached hydrogens (tertiary/aromatic N) is 2. The summed E-state index contributed by atoms with van der Waals surface area (Å²) in [6.07, 6.45) is 2.33. The Bertz CT molecular complexity index is 1740. The number of piperidine rings is 1. The lowest BCUT2D eigenvalue weighted by molar-refractivity contribution is -0.137. The number of ketones is 1. The molecular weight excluding hydrogens is 627 g/mol. The number of alkyl halides is 3. The maximum Gasteiger partial charge on any atom is 0.416 e. The SMILES string of the molecule is O=C(N[C@H](C=C1CCN(c2ccccc2CN2CCCC2=O)CC1)Cc1ccc(Cl)cc1)C1=CC(=O)c2cc(C(F)(F)F)ccc2C1. The van der Waals surface area contributed by atoms with Gasteiger partial charge < -0.3 is 15.1 Å². The van der Waals surface area contributed by atoms with E-state index in [4.69, 9.17) is 11.6 Å². The number of halogens is 4. The van der Waals surface area contributed by atoms with E-state index in [1.165, 1.54) is 11.6 Å². The molecule has 3 aliphatic rings. The first kappa shape index (κ1) is 32.6. The van der Waals surface area contributed by atoms with Crippen molar-refractivity contribution in [3.63, 3.8) is 0 Å². The molecule has 244 valence electrons. The van der Waals surface area contributed by atoms with E-state index < -0.39 is 23.4 Å². The third-order valence-corrected chi connectivity index (χ3v) is 9.33. The first-order valence-electron chi connectivity index (χ1n) is 15.8. The van der Waals surface area contributed by atoms with E-state index in [2.05, 4.69) is 28.4 Å². The van der Waals surface area contributed by atoms with Crippen LogP contribution in [0.4, 0.5) is 18.9 Å². The fourth-order valence-corrected chi connectivity index (χ4v) is 6.70. The van der Waals surface area contributed by atoms with Gasteiger partial charge in [0.25, 0.3) is 0 Å². The summed E-state index contributed by atoms with van der Waals surface area (Å²) in [6, 6.07) is 18.3. The molecule has 10 heteroatoms. The highest BCUT2D eigenvalue weighted by molar-refractivity contribution is 6.30. The molecule has 47 heavy (non-hydrogen) atoms. The van der Waals surface area contributed by atoms with Crippen LogP contribution in [0.25, 0.3) is 0 Å². The Morgan fingerprint density at radius 2 is 1.70 bits per heavy atom. The van der Waals surface area contributed by atoms with Crippen LogP contribution in [0.2, 0.25) is 5.02 Å². The second kappa shape index (κ2) is 13.8. The molecule has 6 nitrogen and oxygen atoms in total. The average molecular weight is 662 g/mol. The molecule has 2 heterocycles. The molecule has 0 saturated carbocycles. The van der Waals surface area contributed by atoms with Gasteiger partial charge in [0.05, 0.1) is 11.6 Å². The van der Waals surface area contributed by atoms with Crippen molar-refractivity contribution < 1.29 is 27.6 Å². The number of fused-ring (bicyclic) bond motifs is 1. The second-order valence-corrected chi connectivity index (χ2v) is 12.8. The van der Waals surface area contributed by atoms with E-state index in [9.17, 15) is 27.6 Å². The van der Waals surface area contributed by atoms with Gasteiger partial charge in [-0.2, -0.15) is 13.2 Å². The Kier molecular flexibility index (Phi) is 9.55. The molecule has 2 amide bonds. The predicted molar refractivity (Wildman–Crippen MR) is 175 cm³/mol. The molecule has 1 aliphatic carbocycles. The third-order valence-electron chi connectivity index (χ3n) is 9.07. The van der Waals surface area contributed by atoms with Crippen molar-refractivity contribution in [2.75, 3.05) is 24.5 Å². The number of hydrogen-bond acceptors (Lipinski definition) is 4. The summed E-state index contributed by atoms with van der Waals surface area (Å²) in [6.45, 7) is 2.97. The number of rotatable bonds is 8. The highest BCUT2D eigenvalue weighted by Crippen LogP contribution is 2.33. The smallest absolute Gasteiger partial charge is 0.371 e. The number of nitrogens with one attached hydrogen (secondary N) is 1. The lowest BCUT2D eigenvalue weighted by Gasteiger charge is -2.33. The van der Waals surface area contributed by atoms with Crippen LogP contribution in [-0.2, 0) is 35.2 Å². The van der Waals surface area contributed by atoms with Crippen LogP contribution in [0.3, 0.4) is 0 Å². The molecule has 2 fully saturated rings. The first-order valence-corrected chi connectivity index (χ1v) is 16.2. The molecule has 0 spiro atoms. The number of anilines is 1. The summed E-state index contributed by atoms with van der Waals surface area (Å²) in [5.74, 6) is -0.843. The standard InChI is InChI=1S/C37H35ClF3N3O3/c38-30-11-7-24(8-12-30)18-31(42-36(47)28-20-26-9-10-29(37(39,40)41)22-32(26)34(45)21-28)19-25-13-16-43(17-14-25)33-5-2-1-4-27(33)23-44-15-3-6-35(44)46/h1-2,4-5,7-12,19,21-22,31H,3,6,13-18,20,23H2,(H,42,47)/t31-/m0/s1. The van der Waals surface area contributed by atoms with Gasteiger partial charge in [-0.1, -0.05) is 59.6 Å². The number of amides is 2. The summed E-state index contributed by atoms with van der Waals surface area (Å²) >= 11 is 6.10. The normalized spacial score (nSPS) is 17.4. The van der Waals surface area contributed by atoms with E-state index in [1.54, 1.807) is 12.1 Å². The van der Waals surface area contributed by atoms with Gasteiger partial charge in [-0.25, -0.2) is 0 Å². The average Bonchev–Trinajstić information content (AvgIpc) is 3.45. The maximum absolute atomic E-state index is 13.5. The molecule has 0 aromatic heterocycles. The fraction of sp³-hybridized carbons (Fsp3) is 0.324. The van der Waals surface area contributed by atoms with Crippen LogP contribution in [0, 0.1) is 0 Å². The lowest BCUT2D eigenvalue weighted by atomic mass is 9.88. The van der Waals surface area contributed by atoms with Crippen molar-refractivity contribution in [2.45, 2.75) is 57.3 Å². The van der Waals surface area contributed by atoms with Crippen molar-refractivity contribution in [1.29, 1.82) is 0 Å². The monoisotopic (exact) mass is 661 g/mol. The minimum atomic E-state index is -4.56. The van der Waals surface area contributed by atoms with Gasteiger partial charge in [0.2, 0.25) is 11.8 Å². The number of allylic oxidation sites excluding steroid dienone is 1. The number of carbonyl (C=O) groups excluding carboxylic acids is 3. The topological polar surface area (TPSA) is 69.7 Å². The van der Waals surface area contributed by atoms with E-state index in [0.717, 1.165) is 73.9 Å². The van der Waals surface area contributed by atoms with Gasteiger partial charge in [-0.05, 0) is 78.8 Å². The number of para-hydroxylation sites is 1. The van der Waals surface area contributed by atoms with Crippen molar-refractivity contribution in [3.8, 4) is 0 Å². The number of hydrogen-bond donors (Lipinski definition) is 1. The van der Waals surface area contributed by atoms with Gasteiger partial charge in [0.1, 0.15) is 0 Å². The summed E-state index contributed by atoms with van der Waals surface area (Å²) in [7, 11) is 0. The molecule has 1 N–H and O–H groups in total. The summed E-state index contributed by atoms with van der Waals surface area (Å²) in [5, 5.41) is 3.69. The van der Waals surface area contributed by atoms with Crippen LogP contribution >= 0.6 is 11.6 Å². The van der Waals surface area contributed by atoms with Crippen LogP contribution in [0.5, 0.6) is 0 Å². The number of benzene rings is 3. The largest absolute Gasteiger partial charge is 0.416 e. The molecular formula is C37H35ClF3N3O3. The van der Waals surface area contributed by atoms with Gasteiger partial charge in [-0.15, -0.1) is 0 Å². The second-order valence-electron chi connectivity index (χ2n) is 12.4. The van der Waals surface area contributed by atoms with Gasteiger partial charge in [0.15, 0.2) is 5.78 Å². The van der Waals surface area contributed by atoms with E-state index >= 15 is 0 Å². The summed E-state index contributed by atoms with van der Waals surface area (Å²) in [5.41, 5.74) is 4.12. The Hall–Kier alpha value is -4.37. The zero-order chi connectivity index (χ0) is 33.1. The third kappa shape index (κ3) is 7.79. The maximum atomic E-state index is 13.5. The molecule has 2 aliphatic heterocycles. The first-order chi connectivity index (χ1) is 22.5. The minimum Gasteiger partial charge on any atom is -0.371 e. The van der Waals surface area contributed by atoms with E-state index in [-0.39, 0.29) is 29.5 Å². The molecule has 0 unspecified atom stereocenters. The van der Waals surface area contributed by atoms with Gasteiger partial charge in [0, 0.05) is 60.9 Å². The van der Waals surface area contributed by atoms with Crippen molar-refractivity contribution in [1.82, 2.24) is 10.2 Å². The summed E-state index contributed by atoms with van der Waals surface area (Å²) in [4.78, 5) is 42.9. The Balaban J connectivity index is 1.16. The van der Waals surface area contributed by atoms with Crippen molar-refractivity contribution >= 4 is 34.9 Å². The van der Waals surface area contributed by atoms with E-state index in [0.29, 0.717) is 30.0 Å². The van der Waals surface area contributed by atoms with Crippen molar-refractivity contribution in [2.24, 2.45) is 0 Å². The Morgan fingerprint density at radius 3 is 2.40 bits per heavy atom. The highest BCUT2D eigenvalue weighted by Gasteiger charge is 2.33. The Labute approximate surface area is 276 Å². The van der Waals surface area contributed by atoms with Gasteiger partial charge >= 0.3 is 6.18 Å². The van der Waals surface area contributed by atoms with Crippen LogP contribution < -0.4 is 10.2 Å². The molecule has 0 bridgehead atoms. The quantitative estimate of drug-likeness (QED) is 0.262. The van der Waals surface area contributed by atoms with E-state index in [1.807, 2.05) is 29.2 Å². The molecule has 2 saturated heterocycles.